The Labute approximate surface area is 134 Å². The predicted octanol–water partition coefficient (Wildman–Crippen LogP) is 2.49. The van der Waals surface area contributed by atoms with Gasteiger partial charge in [-0.05, 0) is 30.2 Å². The van der Waals surface area contributed by atoms with Gasteiger partial charge in [-0.1, -0.05) is 42.0 Å². The lowest BCUT2D eigenvalue weighted by atomic mass is 10.0. The van der Waals surface area contributed by atoms with Gasteiger partial charge in [-0.25, -0.2) is 9.18 Å². The molecule has 0 heterocycles. The van der Waals surface area contributed by atoms with E-state index in [1.54, 1.807) is 6.07 Å². The summed E-state index contributed by atoms with van der Waals surface area (Å²) >= 11 is 0. The quantitative estimate of drug-likeness (QED) is 0.860. The molecule has 5 heteroatoms. The van der Waals surface area contributed by atoms with Crippen molar-refractivity contribution in [2.24, 2.45) is 0 Å². The minimum Gasteiger partial charge on any atom is -0.480 e. The van der Waals surface area contributed by atoms with Gasteiger partial charge in [0.25, 0.3) is 0 Å². The largest absolute Gasteiger partial charge is 0.480 e. The van der Waals surface area contributed by atoms with E-state index in [4.69, 9.17) is 0 Å². The lowest BCUT2D eigenvalue weighted by Gasteiger charge is -2.15. The number of halogens is 1. The number of hydrogen-bond donors (Lipinski definition) is 2. The van der Waals surface area contributed by atoms with Crippen LogP contribution in [0.25, 0.3) is 0 Å². The van der Waals surface area contributed by atoms with Crippen molar-refractivity contribution < 1.29 is 19.1 Å². The zero-order valence-electron chi connectivity index (χ0n) is 12.8. The number of amides is 1. The highest BCUT2D eigenvalue weighted by molar-refractivity contribution is 5.85. The molecular weight excluding hydrogens is 297 g/mol. The van der Waals surface area contributed by atoms with Gasteiger partial charge in [0.1, 0.15) is 11.9 Å². The van der Waals surface area contributed by atoms with Crippen LogP contribution in [0.4, 0.5) is 4.39 Å². The second-order valence-electron chi connectivity index (χ2n) is 5.45. The monoisotopic (exact) mass is 315 g/mol. The molecule has 1 amide bonds. The molecule has 2 N–H and O–H groups in total. The number of carboxylic acid groups (broad SMARTS) is 1. The van der Waals surface area contributed by atoms with Crippen molar-refractivity contribution in [3.8, 4) is 0 Å². The molecule has 0 bridgehead atoms. The van der Waals surface area contributed by atoms with Crippen LogP contribution in [0.2, 0.25) is 0 Å². The zero-order valence-corrected chi connectivity index (χ0v) is 12.8. The number of nitrogens with one attached hydrogen (secondary N) is 1. The van der Waals surface area contributed by atoms with E-state index in [1.165, 1.54) is 18.2 Å². The fourth-order valence-corrected chi connectivity index (χ4v) is 2.24. The first-order chi connectivity index (χ1) is 10.9. The molecule has 0 fully saturated rings. The van der Waals surface area contributed by atoms with E-state index in [0.29, 0.717) is 5.56 Å². The second-order valence-corrected chi connectivity index (χ2v) is 5.45. The van der Waals surface area contributed by atoms with E-state index in [9.17, 15) is 19.1 Å². The Balaban J connectivity index is 1.99. The molecule has 0 radical (unpaired) electrons. The van der Waals surface area contributed by atoms with Crippen LogP contribution >= 0.6 is 0 Å². The fourth-order valence-electron chi connectivity index (χ4n) is 2.24. The Morgan fingerprint density at radius 3 is 2.43 bits per heavy atom. The molecule has 2 aromatic rings. The summed E-state index contributed by atoms with van der Waals surface area (Å²) in [6, 6.07) is 12.1. The number of carbonyl (C=O) groups excluding carboxylic acids is 1. The third-order valence-corrected chi connectivity index (χ3v) is 3.45. The summed E-state index contributed by atoms with van der Waals surface area (Å²) in [6.45, 7) is 1.94. The lowest BCUT2D eigenvalue weighted by molar-refractivity contribution is -0.141. The molecular formula is C18H18FNO3. The van der Waals surface area contributed by atoms with Crippen molar-refractivity contribution in [3.63, 3.8) is 0 Å². The van der Waals surface area contributed by atoms with Gasteiger partial charge in [-0.2, -0.15) is 0 Å². The van der Waals surface area contributed by atoms with E-state index >= 15 is 0 Å². The topological polar surface area (TPSA) is 66.4 Å². The van der Waals surface area contributed by atoms with Crippen LogP contribution in [-0.4, -0.2) is 23.0 Å². The number of carbonyl (C=O) groups is 2. The van der Waals surface area contributed by atoms with Gasteiger partial charge in [0.2, 0.25) is 5.91 Å². The van der Waals surface area contributed by atoms with Crippen molar-refractivity contribution in [2.45, 2.75) is 25.8 Å². The second kappa shape index (κ2) is 7.54. The SMILES string of the molecule is Cc1ccc(C[C@@H](NC(=O)Cc2cccc(F)c2)C(=O)O)cc1. The Morgan fingerprint density at radius 1 is 1.13 bits per heavy atom. The number of rotatable bonds is 6. The van der Waals surface area contributed by atoms with E-state index in [2.05, 4.69) is 5.32 Å². The maximum atomic E-state index is 13.1. The molecule has 0 aliphatic carbocycles. The van der Waals surface area contributed by atoms with Gasteiger partial charge in [0.15, 0.2) is 0 Å². The van der Waals surface area contributed by atoms with Crippen LogP contribution in [0.1, 0.15) is 16.7 Å². The van der Waals surface area contributed by atoms with Crippen molar-refractivity contribution in [3.05, 3.63) is 71.0 Å². The molecule has 0 aromatic heterocycles. The summed E-state index contributed by atoms with van der Waals surface area (Å²) in [5, 5.41) is 11.8. The number of carboxylic acids is 1. The third kappa shape index (κ3) is 5.21. The predicted molar refractivity (Wildman–Crippen MR) is 84.6 cm³/mol. The van der Waals surface area contributed by atoms with Crippen molar-refractivity contribution in [1.29, 1.82) is 0 Å². The molecule has 0 saturated heterocycles. The summed E-state index contributed by atoms with van der Waals surface area (Å²) in [7, 11) is 0. The third-order valence-electron chi connectivity index (χ3n) is 3.45. The van der Waals surface area contributed by atoms with Gasteiger partial charge in [-0.3, -0.25) is 4.79 Å². The number of benzene rings is 2. The molecule has 23 heavy (non-hydrogen) atoms. The number of aryl methyl sites for hydroxylation is 1. The zero-order chi connectivity index (χ0) is 16.8. The first-order valence-electron chi connectivity index (χ1n) is 7.26. The van der Waals surface area contributed by atoms with Gasteiger partial charge in [0, 0.05) is 6.42 Å². The number of hydrogen-bond acceptors (Lipinski definition) is 2. The molecule has 0 unspecified atom stereocenters. The summed E-state index contributed by atoms with van der Waals surface area (Å²) < 4.78 is 13.1. The van der Waals surface area contributed by atoms with Crippen LogP contribution in [0.3, 0.4) is 0 Å². The molecule has 2 aromatic carbocycles. The summed E-state index contributed by atoms with van der Waals surface area (Å²) in [5.41, 5.74) is 2.41. The van der Waals surface area contributed by atoms with Crippen LogP contribution in [0.5, 0.6) is 0 Å². The molecule has 2 rings (SSSR count). The lowest BCUT2D eigenvalue weighted by Crippen LogP contribution is -2.43. The smallest absolute Gasteiger partial charge is 0.326 e. The summed E-state index contributed by atoms with van der Waals surface area (Å²) in [6.07, 6.45) is 0.139. The minimum absolute atomic E-state index is 0.0601. The Bertz CT molecular complexity index is 698. The number of aliphatic carboxylic acids is 1. The van der Waals surface area contributed by atoms with Crippen molar-refractivity contribution in [1.82, 2.24) is 5.32 Å². The normalized spacial score (nSPS) is 11.7. The molecule has 1 atom stereocenters. The van der Waals surface area contributed by atoms with Crippen LogP contribution < -0.4 is 5.32 Å². The Morgan fingerprint density at radius 2 is 1.83 bits per heavy atom. The van der Waals surface area contributed by atoms with Gasteiger partial charge < -0.3 is 10.4 Å². The molecule has 0 spiro atoms. The van der Waals surface area contributed by atoms with Crippen molar-refractivity contribution >= 4 is 11.9 Å². The average molecular weight is 315 g/mol. The van der Waals surface area contributed by atoms with Crippen LogP contribution in [0.15, 0.2) is 48.5 Å². The standard InChI is InChI=1S/C18H18FNO3/c1-12-5-7-13(8-6-12)10-16(18(22)23)20-17(21)11-14-3-2-4-15(19)9-14/h2-9,16H,10-11H2,1H3,(H,20,21)(H,22,23)/t16-/m1/s1. The minimum atomic E-state index is -1.10. The fraction of sp³-hybridized carbons (Fsp3) is 0.222. The maximum absolute atomic E-state index is 13.1. The highest BCUT2D eigenvalue weighted by Gasteiger charge is 2.20. The van der Waals surface area contributed by atoms with Crippen LogP contribution in [0, 0.1) is 12.7 Å². The maximum Gasteiger partial charge on any atom is 0.326 e. The summed E-state index contributed by atoms with van der Waals surface area (Å²) in [4.78, 5) is 23.3. The molecule has 120 valence electrons. The molecule has 0 saturated carbocycles. The Hall–Kier alpha value is -2.69. The first kappa shape index (κ1) is 16.7. The first-order valence-corrected chi connectivity index (χ1v) is 7.26. The van der Waals surface area contributed by atoms with Gasteiger partial charge >= 0.3 is 5.97 Å². The van der Waals surface area contributed by atoms with Crippen LogP contribution in [-0.2, 0) is 22.4 Å². The van der Waals surface area contributed by atoms with E-state index < -0.39 is 23.7 Å². The highest BCUT2D eigenvalue weighted by Crippen LogP contribution is 2.08. The van der Waals surface area contributed by atoms with E-state index in [0.717, 1.165) is 11.1 Å². The molecule has 0 aliphatic rings. The molecule has 4 nitrogen and oxygen atoms in total. The van der Waals surface area contributed by atoms with Gasteiger partial charge in [0.05, 0.1) is 6.42 Å². The Kier molecular flexibility index (Phi) is 5.46. The highest BCUT2D eigenvalue weighted by atomic mass is 19.1. The summed E-state index contributed by atoms with van der Waals surface area (Å²) in [5.74, 6) is -1.97. The van der Waals surface area contributed by atoms with E-state index in [1.807, 2.05) is 31.2 Å². The van der Waals surface area contributed by atoms with Gasteiger partial charge in [-0.15, -0.1) is 0 Å². The van der Waals surface area contributed by atoms with E-state index in [-0.39, 0.29) is 12.8 Å². The van der Waals surface area contributed by atoms with Crippen molar-refractivity contribution in [2.75, 3.05) is 0 Å². The average Bonchev–Trinajstić information content (AvgIpc) is 2.48. The molecule has 0 aliphatic heterocycles.